The van der Waals surface area contributed by atoms with E-state index in [4.69, 9.17) is 0 Å². The molecule has 0 aliphatic heterocycles. The van der Waals surface area contributed by atoms with Crippen LogP contribution in [-0.4, -0.2) is 17.8 Å². The molecular weight excluding hydrogens is 176 g/mol. The minimum Gasteiger partial charge on any atom is -0.294 e. The van der Waals surface area contributed by atoms with Crippen molar-refractivity contribution < 1.29 is 4.79 Å². The molecule has 0 saturated heterocycles. The highest BCUT2D eigenvalue weighted by molar-refractivity contribution is 7.98. The van der Waals surface area contributed by atoms with Crippen LogP contribution in [0.3, 0.4) is 0 Å². The number of hydrogen-bond donors (Lipinski definition) is 0. The Morgan fingerprint density at radius 2 is 2.55 bits per heavy atom. The van der Waals surface area contributed by atoms with Gasteiger partial charge in [0.25, 0.3) is 0 Å². The quantitative estimate of drug-likeness (QED) is 0.672. The van der Waals surface area contributed by atoms with Crippen molar-refractivity contribution in [3.8, 4) is 0 Å². The van der Waals surface area contributed by atoms with Gasteiger partial charge in [0, 0.05) is 23.1 Å². The molecule has 1 aromatic rings. The Kier molecular flexibility index (Phi) is 3.66. The average Bonchev–Trinajstić information content (AvgIpc) is 2.52. The van der Waals surface area contributed by atoms with Gasteiger partial charge in [-0.15, -0.1) is 0 Å². The molecule has 1 rings (SSSR count). The van der Waals surface area contributed by atoms with E-state index in [1.54, 1.807) is 23.1 Å². The summed E-state index contributed by atoms with van der Waals surface area (Å²) >= 11 is 3.28. The lowest BCUT2D eigenvalue weighted by atomic mass is 10.2. The van der Waals surface area contributed by atoms with E-state index in [-0.39, 0.29) is 5.78 Å². The first-order valence-corrected chi connectivity index (χ1v) is 5.72. The van der Waals surface area contributed by atoms with Crippen molar-refractivity contribution in [3.63, 3.8) is 0 Å². The van der Waals surface area contributed by atoms with Gasteiger partial charge in [0.2, 0.25) is 0 Å². The minimum absolute atomic E-state index is 0.264. The van der Waals surface area contributed by atoms with Gasteiger partial charge in [0.15, 0.2) is 5.78 Å². The standard InChI is InChI=1S/C8H10OS2/c1-10-4-3-8(9)7-2-5-11-6-7/h2,5-6H,3-4H2,1H3. The van der Waals surface area contributed by atoms with Crippen LogP contribution in [0.5, 0.6) is 0 Å². The zero-order valence-corrected chi connectivity index (χ0v) is 8.00. The van der Waals surface area contributed by atoms with Crippen molar-refractivity contribution >= 4 is 28.9 Å². The number of thiophene rings is 1. The maximum atomic E-state index is 11.3. The monoisotopic (exact) mass is 186 g/mol. The summed E-state index contributed by atoms with van der Waals surface area (Å²) in [5.74, 6) is 1.19. The zero-order chi connectivity index (χ0) is 8.10. The molecule has 0 saturated carbocycles. The summed E-state index contributed by atoms with van der Waals surface area (Å²) in [5.41, 5.74) is 0.865. The van der Waals surface area contributed by atoms with Crippen LogP contribution >= 0.6 is 23.1 Å². The predicted molar refractivity (Wildman–Crippen MR) is 51.6 cm³/mol. The van der Waals surface area contributed by atoms with E-state index in [0.717, 1.165) is 11.3 Å². The van der Waals surface area contributed by atoms with Gasteiger partial charge in [-0.25, -0.2) is 0 Å². The highest BCUT2D eigenvalue weighted by Crippen LogP contribution is 2.09. The van der Waals surface area contributed by atoms with Gasteiger partial charge in [-0.2, -0.15) is 23.1 Å². The first-order valence-electron chi connectivity index (χ1n) is 3.39. The Morgan fingerprint density at radius 1 is 1.73 bits per heavy atom. The fourth-order valence-corrected chi connectivity index (χ4v) is 1.81. The van der Waals surface area contributed by atoms with Crippen molar-refractivity contribution in [2.75, 3.05) is 12.0 Å². The van der Waals surface area contributed by atoms with Gasteiger partial charge in [-0.3, -0.25) is 4.79 Å². The second-order valence-corrected chi connectivity index (χ2v) is 3.94. The first-order chi connectivity index (χ1) is 5.34. The fourth-order valence-electron chi connectivity index (χ4n) is 0.762. The lowest BCUT2D eigenvalue weighted by Crippen LogP contribution is -1.97. The molecule has 3 heteroatoms. The van der Waals surface area contributed by atoms with E-state index in [9.17, 15) is 4.79 Å². The summed E-state index contributed by atoms with van der Waals surface area (Å²) in [6.45, 7) is 0. The Balaban J connectivity index is 2.43. The molecule has 0 unspecified atom stereocenters. The van der Waals surface area contributed by atoms with Crippen LogP contribution in [0, 0.1) is 0 Å². The highest BCUT2D eigenvalue weighted by atomic mass is 32.2. The summed E-state index contributed by atoms with van der Waals surface area (Å²) in [6, 6.07) is 1.88. The third-order valence-electron chi connectivity index (χ3n) is 1.38. The molecule has 0 fully saturated rings. The molecule has 1 aromatic heterocycles. The molecule has 0 amide bonds. The Hall–Kier alpha value is -0.280. The molecule has 0 aromatic carbocycles. The van der Waals surface area contributed by atoms with Crippen molar-refractivity contribution in [3.05, 3.63) is 22.4 Å². The van der Waals surface area contributed by atoms with Gasteiger partial charge < -0.3 is 0 Å². The van der Waals surface area contributed by atoms with Crippen molar-refractivity contribution in [1.29, 1.82) is 0 Å². The smallest absolute Gasteiger partial charge is 0.164 e. The maximum Gasteiger partial charge on any atom is 0.164 e. The lowest BCUT2D eigenvalue weighted by molar-refractivity contribution is 0.0990. The molecule has 0 atom stereocenters. The normalized spacial score (nSPS) is 9.91. The van der Waals surface area contributed by atoms with Gasteiger partial charge in [-0.05, 0) is 17.7 Å². The van der Waals surface area contributed by atoms with Crippen LogP contribution in [-0.2, 0) is 0 Å². The van der Waals surface area contributed by atoms with Crippen LogP contribution in [0.15, 0.2) is 16.8 Å². The predicted octanol–water partition coefficient (Wildman–Crippen LogP) is 2.68. The van der Waals surface area contributed by atoms with Crippen molar-refractivity contribution in [2.45, 2.75) is 6.42 Å². The molecule has 0 aliphatic carbocycles. The van der Waals surface area contributed by atoms with Gasteiger partial charge in [-0.1, -0.05) is 0 Å². The topological polar surface area (TPSA) is 17.1 Å². The van der Waals surface area contributed by atoms with E-state index in [0.29, 0.717) is 6.42 Å². The molecule has 1 heterocycles. The molecule has 0 spiro atoms. The number of carbonyl (C=O) groups excluding carboxylic acids is 1. The van der Waals surface area contributed by atoms with Crippen LogP contribution < -0.4 is 0 Å². The van der Waals surface area contributed by atoms with Crippen LogP contribution in [0.25, 0.3) is 0 Å². The molecule has 60 valence electrons. The van der Waals surface area contributed by atoms with Gasteiger partial charge >= 0.3 is 0 Å². The fraction of sp³-hybridized carbons (Fsp3) is 0.375. The van der Waals surface area contributed by atoms with Gasteiger partial charge in [0.05, 0.1) is 0 Å². The second kappa shape index (κ2) is 4.57. The molecule has 0 aliphatic rings. The SMILES string of the molecule is CSCCC(=O)c1ccsc1. The molecule has 11 heavy (non-hydrogen) atoms. The third-order valence-corrected chi connectivity index (χ3v) is 2.67. The maximum absolute atomic E-state index is 11.3. The zero-order valence-electron chi connectivity index (χ0n) is 6.37. The molecular formula is C8H10OS2. The number of carbonyl (C=O) groups is 1. The largest absolute Gasteiger partial charge is 0.294 e. The molecule has 0 radical (unpaired) electrons. The van der Waals surface area contributed by atoms with E-state index in [1.165, 1.54) is 0 Å². The average molecular weight is 186 g/mol. The summed E-state index contributed by atoms with van der Waals surface area (Å²) in [4.78, 5) is 11.3. The number of rotatable bonds is 4. The second-order valence-electron chi connectivity index (χ2n) is 2.18. The number of ketones is 1. The van der Waals surface area contributed by atoms with Crippen LogP contribution in [0.2, 0.25) is 0 Å². The molecule has 1 nitrogen and oxygen atoms in total. The number of thioether (sulfide) groups is 1. The summed E-state index contributed by atoms with van der Waals surface area (Å²) in [6.07, 6.45) is 2.68. The molecule has 0 N–H and O–H groups in total. The first kappa shape index (κ1) is 8.81. The summed E-state index contributed by atoms with van der Waals surface area (Å²) < 4.78 is 0. The van der Waals surface area contributed by atoms with E-state index < -0.39 is 0 Å². The van der Waals surface area contributed by atoms with Crippen LogP contribution in [0.1, 0.15) is 16.8 Å². The van der Waals surface area contributed by atoms with Crippen molar-refractivity contribution in [1.82, 2.24) is 0 Å². The van der Waals surface area contributed by atoms with Gasteiger partial charge in [0.1, 0.15) is 0 Å². The number of hydrogen-bond acceptors (Lipinski definition) is 3. The minimum atomic E-state index is 0.264. The van der Waals surface area contributed by atoms with Crippen LogP contribution in [0.4, 0.5) is 0 Å². The Labute approximate surface area is 74.8 Å². The third kappa shape index (κ3) is 2.67. The highest BCUT2D eigenvalue weighted by Gasteiger charge is 2.03. The lowest BCUT2D eigenvalue weighted by Gasteiger charge is -1.93. The Morgan fingerprint density at radius 3 is 3.09 bits per heavy atom. The molecule has 0 bridgehead atoms. The summed E-state index contributed by atoms with van der Waals surface area (Å²) in [7, 11) is 0. The Bertz CT molecular complexity index is 216. The van der Waals surface area contributed by atoms with E-state index >= 15 is 0 Å². The number of Topliss-reactive ketones (excluding diaryl/α,β-unsaturated/α-hetero) is 1. The van der Waals surface area contributed by atoms with E-state index in [2.05, 4.69) is 0 Å². The summed E-state index contributed by atoms with van der Waals surface area (Å²) in [5, 5.41) is 3.84. The van der Waals surface area contributed by atoms with Crippen molar-refractivity contribution in [2.24, 2.45) is 0 Å². The van der Waals surface area contributed by atoms with E-state index in [1.807, 2.05) is 23.1 Å².